The molecule has 138 valence electrons. The Morgan fingerprint density at radius 2 is 2.04 bits per heavy atom. The van der Waals surface area contributed by atoms with E-state index in [1.807, 2.05) is 4.90 Å². The van der Waals surface area contributed by atoms with Gasteiger partial charge in [-0.05, 0) is 50.2 Å². The van der Waals surface area contributed by atoms with Crippen molar-refractivity contribution in [3.63, 3.8) is 0 Å². The van der Waals surface area contributed by atoms with E-state index in [-0.39, 0.29) is 23.6 Å². The highest BCUT2D eigenvalue weighted by Crippen LogP contribution is 2.53. The van der Waals surface area contributed by atoms with Gasteiger partial charge in [-0.3, -0.25) is 4.79 Å². The monoisotopic (exact) mass is 376 g/mol. The van der Waals surface area contributed by atoms with Crippen molar-refractivity contribution in [3.05, 3.63) is 17.2 Å². The predicted molar refractivity (Wildman–Crippen MR) is 97.5 cm³/mol. The van der Waals surface area contributed by atoms with E-state index in [1.54, 1.807) is 19.1 Å². The third kappa shape index (κ3) is 3.33. The lowest BCUT2D eigenvalue weighted by Crippen LogP contribution is -2.45. The highest BCUT2D eigenvalue weighted by atomic mass is 35.5. The van der Waals surface area contributed by atoms with E-state index < -0.39 is 6.04 Å². The van der Waals surface area contributed by atoms with Crippen LogP contribution in [0.5, 0.6) is 0 Å². The summed E-state index contributed by atoms with van der Waals surface area (Å²) in [7, 11) is 0. The minimum atomic E-state index is -0.445. The van der Waals surface area contributed by atoms with Crippen LogP contribution in [-0.4, -0.2) is 45.1 Å². The Morgan fingerprint density at radius 3 is 2.69 bits per heavy atom. The van der Waals surface area contributed by atoms with E-state index in [1.165, 1.54) is 12.8 Å². The number of nitrogen functional groups attached to an aromatic ring is 1. The lowest BCUT2D eigenvalue weighted by molar-refractivity contribution is -0.133. The molecule has 8 nitrogen and oxygen atoms in total. The number of pyridine rings is 1. The van der Waals surface area contributed by atoms with E-state index in [9.17, 15) is 4.79 Å². The van der Waals surface area contributed by atoms with Crippen LogP contribution in [0.15, 0.2) is 16.5 Å². The van der Waals surface area contributed by atoms with E-state index in [0.29, 0.717) is 16.1 Å². The van der Waals surface area contributed by atoms with E-state index in [2.05, 4.69) is 20.5 Å². The molecule has 1 amide bonds. The van der Waals surface area contributed by atoms with Gasteiger partial charge in [0, 0.05) is 13.1 Å². The Balaban J connectivity index is 1.38. The van der Waals surface area contributed by atoms with Crippen molar-refractivity contribution >= 4 is 29.3 Å². The van der Waals surface area contributed by atoms with Gasteiger partial charge in [-0.15, -0.1) is 5.10 Å². The van der Waals surface area contributed by atoms with Crippen molar-refractivity contribution in [1.29, 1.82) is 0 Å². The molecular formula is C17H21ClN6O2. The van der Waals surface area contributed by atoms with Crippen LogP contribution in [0.1, 0.15) is 32.6 Å². The highest BCUT2D eigenvalue weighted by molar-refractivity contribution is 6.32. The molecule has 2 fully saturated rings. The average molecular weight is 377 g/mol. The number of hydrogen-bond acceptors (Lipinski definition) is 7. The summed E-state index contributed by atoms with van der Waals surface area (Å²) in [6.07, 6.45) is 4.85. The molecule has 1 aliphatic carbocycles. The molecule has 1 saturated carbocycles. The van der Waals surface area contributed by atoms with Crippen LogP contribution in [0, 0.1) is 5.41 Å². The summed E-state index contributed by atoms with van der Waals surface area (Å²) in [5.74, 6) is 0.456. The Morgan fingerprint density at radius 1 is 1.31 bits per heavy atom. The SMILES string of the molecule is C[C@@H](Nc1nnc(-c2ccc(Cl)c(N)n2)o1)C(=O)N1CCC2(CC1)CC2. The number of aromatic nitrogens is 3. The Kier molecular flexibility index (Phi) is 4.22. The first-order valence-corrected chi connectivity index (χ1v) is 9.15. The predicted octanol–water partition coefficient (Wildman–Crippen LogP) is 2.57. The van der Waals surface area contributed by atoms with Crippen molar-refractivity contribution in [3.8, 4) is 11.6 Å². The molecule has 1 saturated heterocycles. The molecule has 1 atom stereocenters. The van der Waals surface area contributed by atoms with Gasteiger partial charge >= 0.3 is 6.01 Å². The van der Waals surface area contributed by atoms with Crippen LogP contribution in [0.2, 0.25) is 5.02 Å². The summed E-state index contributed by atoms with van der Waals surface area (Å²) in [4.78, 5) is 18.6. The number of carbonyl (C=O) groups excluding carboxylic acids is 1. The number of halogens is 1. The number of nitrogens with zero attached hydrogens (tertiary/aromatic N) is 4. The molecule has 2 aliphatic rings. The molecule has 4 rings (SSSR count). The standard InChI is InChI=1S/C17H21ClN6O2/c1-10(15(25)24-8-6-17(4-5-17)7-9-24)20-16-23-22-14(26-16)12-3-2-11(18)13(19)21-12/h2-3,10H,4-9H2,1H3,(H2,19,21)(H,20,23)/t10-/m1/s1. The van der Waals surface area contributed by atoms with Crippen molar-refractivity contribution in [2.45, 2.75) is 38.6 Å². The molecular weight excluding hydrogens is 356 g/mol. The molecule has 2 aromatic heterocycles. The Bertz CT molecular complexity index is 824. The number of nitrogens with one attached hydrogen (secondary N) is 1. The van der Waals surface area contributed by atoms with Crippen LogP contribution in [0.25, 0.3) is 11.6 Å². The second kappa shape index (κ2) is 6.42. The number of nitrogens with two attached hydrogens (primary N) is 1. The van der Waals surface area contributed by atoms with Gasteiger partial charge in [-0.2, -0.15) is 0 Å². The number of likely N-dealkylation sites (tertiary alicyclic amines) is 1. The highest BCUT2D eigenvalue weighted by Gasteiger charge is 2.45. The number of amides is 1. The average Bonchev–Trinajstić information content (AvgIpc) is 3.22. The van der Waals surface area contributed by atoms with Gasteiger partial charge in [-0.25, -0.2) is 4.98 Å². The minimum absolute atomic E-state index is 0.0501. The molecule has 9 heteroatoms. The molecule has 3 heterocycles. The second-order valence-corrected chi connectivity index (χ2v) is 7.57. The topological polar surface area (TPSA) is 110 Å². The second-order valence-electron chi connectivity index (χ2n) is 7.17. The lowest BCUT2D eigenvalue weighted by Gasteiger charge is -2.33. The third-order valence-electron chi connectivity index (χ3n) is 5.32. The van der Waals surface area contributed by atoms with Gasteiger partial charge in [-0.1, -0.05) is 16.7 Å². The Hall–Kier alpha value is -2.35. The number of carbonyl (C=O) groups is 1. The van der Waals surface area contributed by atoms with Gasteiger partial charge in [0.25, 0.3) is 5.89 Å². The fourth-order valence-electron chi connectivity index (χ4n) is 3.36. The summed E-state index contributed by atoms with van der Waals surface area (Å²) in [5.41, 5.74) is 6.66. The van der Waals surface area contributed by atoms with Gasteiger partial charge in [0.1, 0.15) is 17.6 Å². The molecule has 0 aromatic carbocycles. The summed E-state index contributed by atoms with van der Waals surface area (Å²) in [6.45, 7) is 3.45. The molecule has 2 aromatic rings. The number of hydrogen-bond donors (Lipinski definition) is 2. The molecule has 0 bridgehead atoms. The zero-order chi connectivity index (χ0) is 18.3. The maximum atomic E-state index is 12.6. The fraction of sp³-hybridized carbons (Fsp3) is 0.529. The first kappa shape index (κ1) is 17.1. The van der Waals surface area contributed by atoms with Crippen molar-refractivity contribution in [2.75, 3.05) is 24.1 Å². The fourth-order valence-corrected chi connectivity index (χ4v) is 3.47. The van der Waals surface area contributed by atoms with E-state index in [0.717, 1.165) is 25.9 Å². The lowest BCUT2D eigenvalue weighted by atomic mass is 9.93. The van der Waals surface area contributed by atoms with Crippen LogP contribution in [-0.2, 0) is 4.79 Å². The first-order valence-electron chi connectivity index (χ1n) is 8.77. The Labute approximate surface area is 156 Å². The van der Waals surface area contributed by atoms with Gasteiger partial charge in [0.15, 0.2) is 0 Å². The molecule has 0 radical (unpaired) electrons. The number of anilines is 2. The quantitative estimate of drug-likeness (QED) is 0.843. The first-order chi connectivity index (χ1) is 12.5. The summed E-state index contributed by atoms with van der Waals surface area (Å²) < 4.78 is 5.55. The minimum Gasteiger partial charge on any atom is -0.402 e. The maximum Gasteiger partial charge on any atom is 0.316 e. The third-order valence-corrected chi connectivity index (χ3v) is 5.64. The molecule has 0 unspecified atom stereocenters. The van der Waals surface area contributed by atoms with Crippen LogP contribution < -0.4 is 11.1 Å². The van der Waals surface area contributed by atoms with Crippen molar-refractivity contribution in [1.82, 2.24) is 20.1 Å². The van der Waals surface area contributed by atoms with Gasteiger partial charge in [0.05, 0.1) is 5.02 Å². The van der Waals surface area contributed by atoms with Gasteiger partial charge in [0.2, 0.25) is 5.91 Å². The van der Waals surface area contributed by atoms with Crippen LogP contribution in [0.4, 0.5) is 11.8 Å². The normalized spacial score (nSPS) is 19.4. The summed E-state index contributed by atoms with van der Waals surface area (Å²) in [6, 6.07) is 2.99. The zero-order valence-corrected chi connectivity index (χ0v) is 15.3. The van der Waals surface area contributed by atoms with Crippen molar-refractivity contribution < 1.29 is 9.21 Å². The maximum absolute atomic E-state index is 12.6. The number of rotatable bonds is 4. The van der Waals surface area contributed by atoms with E-state index >= 15 is 0 Å². The summed E-state index contributed by atoms with van der Waals surface area (Å²) in [5, 5.41) is 11.2. The zero-order valence-electron chi connectivity index (χ0n) is 14.5. The molecule has 26 heavy (non-hydrogen) atoms. The molecule has 1 aliphatic heterocycles. The number of piperidine rings is 1. The van der Waals surface area contributed by atoms with Crippen molar-refractivity contribution in [2.24, 2.45) is 5.41 Å². The van der Waals surface area contributed by atoms with Gasteiger partial charge < -0.3 is 20.4 Å². The molecule has 3 N–H and O–H groups in total. The summed E-state index contributed by atoms with van der Waals surface area (Å²) >= 11 is 5.86. The van der Waals surface area contributed by atoms with Crippen LogP contribution >= 0.6 is 11.6 Å². The van der Waals surface area contributed by atoms with Crippen LogP contribution in [0.3, 0.4) is 0 Å². The largest absolute Gasteiger partial charge is 0.402 e. The molecule has 1 spiro atoms. The smallest absolute Gasteiger partial charge is 0.316 e. The van der Waals surface area contributed by atoms with E-state index in [4.69, 9.17) is 21.8 Å².